The van der Waals surface area contributed by atoms with E-state index in [4.69, 9.17) is 4.74 Å². The average Bonchev–Trinajstić information content (AvgIpc) is 3.06. The number of carboxylic acid groups (broad SMARTS) is 1. The Morgan fingerprint density at radius 1 is 1.13 bits per heavy atom. The van der Waals surface area contributed by atoms with E-state index in [2.05, 4.69) is 17.6 Å². The van der Waals surface area contributed by atoms with Crippen molar-refractivity contribution in [2.75, 3.05) is 5.32 Å². The van der Waals surface area contributed by atoms with Gasteiger partial charge in [0.15, 0.2) is 0 Å². The third-order valence-electron chi connectivity index (χ3n) is 4.85. The summed E-state index contributed by atoms with van der Waals surface area (Å²) < 4.78 is 5.33. The number of hydrogen-bond donors (Lipinski definition) is 3. The number of carbonyl (C=O) groups is 3. The second kappa shape index (κ2) is 12.1. The zero-order valence-electron chi connectivity index (χ0n) is 18.2. The second-order valence-corrected chi connectivity index (χ2v) is 8.50. The molecular formula is C23H30N2O5S. The van der Waals surface area contributed by atoms with Crippen LogP contribution in [0, 0.1) is 6.92 Å². The van der Waals surface area contributed by atoms with Gasteiger partial charge in [-0.15, -0.1) is 11.3 Å². The highest BCUT2D eigenvalue weighted by atomic mass is 32.1. The fraction of sp³-hybridized carbons (Fsp3) is 0.435. The number of ether oxygens (including phenoxy) is 1. The van der Waals surface area contributed by atoms with E-state index in [-0.39, 0.29) is 33.7 Å². The summed E-state index contributed by atoms with van der Waals surface area (Å²) in [5.41, 5.74) is 1.01. The van der Waals surface area contributed by atoms with Crippen molar-refractivity contribution in [1.29, 1.82) is 0 Å². The number of unbranched alkanes of at least 4 members (excludes halogenated alkanes) is 3. The van der Waals surface area contributed by atoms with Crippen LogP contribution in [0.5, 0.6) is 0 Å². The highest BCUT2D eigenvalue weighted by molar-refractivity contribution is 7.18. The molecule has 3 N–H and O–H groups in total. The molecule has 1 heterocycles. The van der Waals surface area contributed by atoms with Gasteiger partial charge in [0, 0.05) is 6.04 Å². The Morgan fingerprint density at radius 3 is 2.48 bits per heavy atom. The third-order valence-corrected chi connectivity index (χ3v) is 6.04. The number of urea groups is 1. The Morgan fingerprint density at radius 2 is 1.84 bits per heavy atom. The van der Waals surface area contributed by atoms with Gasteiger partial charge in [-0.3, -0.25) is 5.32 Å². The molecule has 0 fully saturated rings. The molecular weight excluding hydrogens is 416 g/mol. The minimum Gasteiger partial charge on any atom is -0.478 e. The topological polar surface area (TPSA) is 105 Å². The van der Waals surface area contributed by atoms with Crippen molar-refractivity contribution in [3.05, 3.63) is 51.9 Å². The fourth-order valence-corrected chi connectivity index (χ4v) is 4.24. The lowest BCUT2D eigenvalue weighted by molar-refractivity contribution is 0.0477. The van der Waals surface area contributed by atoms with Crippen LogP contribution in [0.3, 0.4) is 0 Å². The van der Waals surface area contributed by atoms with E-state index in [0.29, 0.717) is 0 Å². The Hall–Kier alpha value is -2.87. The van der Waals surface area contributed by atoms with Gasteiger partial charge in [0.1, 0.15) is 16.5 Å². The molecule has 8 heteroatoms. The smallest absolute Gasteiger partial charge is 0.349 e. The predicted molar refractivity (Wildman–Crippen MR) is 122 cm³/mol. The van der Waals surface area contributed by atoms with Gasteiger partial charge in [0.05, 0.1) is 5.56 Å². The lowest BCUT2D eigenvalue weighted by atomic mass is 10.1. The number of rotatable bonds is 11. The molecule has 0 saturated carbocycles. The molecule has 1 aromatic heterocycles. The van der Waals surface area contributed by atoms with Gasteiger partial charge in [-0.05, 0) is 31.4 Å². The van der Waals surface area contributed by atoms with Crippen LogP contribution in [0.15, 0.2) is 30.3 Å². The Balaban J connectivity index is 2.03. The minimum absolute atomic E-state index is 0.0403. The van der Waals surface area contributed by atoms with E-state index in [1.807, 2.05) is 37.3 Å². The van der Waals surface area contributed by atoms with Gasteiger partial charge in [-0.1, -0.05) is 62.9 Å². The van der Waals surface area contributed by atoms with Crippen LogP contribution in [-0.4, -0.2) is 29.1 Å². The van der Waals surface area contributed by atoms with Crippen LogP contribution in [-0.2, 0) is 11.3 Å². The van der Waals surface area contributed by atoms with Crippen molar-refractivity contribution in [2.45, 2.75) is 65.5 Å². The first-order chi connectivity index (χ1) is 14.8. The van der Waals surface area contributed by atoms with Gasteiger partial charge < -0.3 is 15.2 Å². The Labute approximate surface area is 186 Å². The largest absolute Gasteiger partial charge is 0.478 e. The third kappa shape index (κ3) is 7.40. The van der Waals surface area contributed by atoms with Crippen LogP contribution < -0.4 is 10.6 Å². The van der Waals surface area contributed by atoms with Gasteiger partial charge in [0.25, 0.3) is 0 Å². The molecule has 0 bridgehead atoms. The summed E-state index contributed by atoms with van der Waals surface area (Å²) in [6.45, 7) is 5.68. The normalized spacial score (nSPS) is 11.6. The van der Waals surface area contributed by atoms with E-state index in [0.717, 1.165) is 42.6 Å². The fourth-order valence-electron chi connectivity index (χ4n) is 3.15. The molecule has 0 aliphatic rings. The number of benzene rings is 1. The number of carbonyl (C=O) groups excluding carboxylic acids is 2. The van der Waals surface area contributed by atoms with Crippen molar-refractivity contribution in [3.8, 4) is 0 Å². The first kappa shape index (κ1) is 24.4. The van der Waals surface area contributed by atoms with Crippen LogP contribution in [0.1, 0.15) is 77.1 Å². The maximum atomic E-state index is 12.5. The molecule has 1 atom stereocenters. The Kier molecular flexibility index (Phi) is 9.52. The number of amides is 2. The molecule has 7 nitrogen and oxygen atoms in total. The maximum absolute atomic E-state index is 12.5. The summed E-state index contributed by atoms with van der Waals surface area (Å²) in [6, 6.07) is 8.68. The molecule has 0 aliphatic carbocycles. The number of carboxylic acids is 1. The summed E-state index contributed by atoms with van der Waals surface area (Å²) in [5.74, 6) is -1.83. The van der Waals surface area contributed by atoms with Crippen molar-refractivity contribution in [3.63, 3.8) is 0 Å². The molecule has 0 spiro atoms. The van der Waals surface area contributed by atoms with Crippen molar-refractivity contribution < 1.29 is 24.2 Å². The molecule has 31 heavy (non-hydrogen) atoms. The van der Waals surface area contributed by atoms with E-state index in [1.54, 1.807) is 6.92 Å². The molecule has 2 amide bonds. The molecule has 1 aromatic carbocycles. The molecule has 0 aliphatic heterocycles. The first-order valence-corrected chi connectivity index (χ1v) is 11.3. The number of aromatic carboxylic acids is 1. The van der Waals surface area contributed by atoms with Gasteiger partial charge in [0.2, 0.25) is 0 Å². The van der Waals surface area contributed by atoms with E-state index in [9.17, 15) is 19.5 Å². The lowest BCUT2D eigenvalue weighted by Crippen LogP contribution is -2.36. The number of hydrogen-bond acceptors (Lipinski definition) is 5. The SMILES string of the molecule is CCCCCCC(C)NC(=O)Nc1sc(C(=O)OCc2ccccc2)c(C)c1C(=O)O. The maximum Gasteiger partial charge on any atom is 0.349 e. The molecule has 1 unspecified atom stereocenters. The van der Waals surface area contributed by atoms with E-state index >= 15 is 0 Å². The zero-order chi connectivity index (χ0) is 22.8. The molecule has 168 valence electrons. The van der Waals surface area contributed by atoms with Gasteiger partial charge in [-0.2, -0.15) is 0 Å². The van der Waals surface area contributed by atoms with Crippen LogP contribution in [0.2, 0.25) is 0 Å². The monoisotopic (exact) mass is 446 g/mol. The molecule has 0 saturated heterocycles. The van der Waals surface area contributed by atoms with Crippen molar-refractivity contribution in [2.24, 2.45) is 0 Å². The number of nitrogens with one attached hydrogen (secondary N) is 2. The van der Waals surface area contributed by atoms with Crippen molar-refractivity contribution >= 4 is 34.3 Å². The minimum atomic E-state index is -1.21. The number of anilines is 1. The predicted octanol–water partition coefficient (Wildman–Crippen LogP) is 5.59. The average molecular weight is 447 g/mol. The van der Waals surface area contributed by atoms with E-state index in [1.165, 1.54) is 6.42 Å². The summed E-state index contributed by atoms with van der Waals surface area (Å²) in [6.07, 6.45) is 5.30. The van der Waals surface area contributed by atoms with Crippen LogP contribution >= 0.6 is 11.3 Å². The highest BCUT2D eigenvalue weighted by Crippen LogP contribution is 2.33. The quantitative estimate of drug-likeness (QED) is 0.308. The summed E-state index contributed by atoms with van der Waals surface area (Å²) >= 11 is 0.910. The summed E-state index contributed by atoms with van der Waals surface area (Å²) in [7, 11) is 0. The second-order valence-electron chi connectivity index (χ2n) is 7.48. The lowest BCUT2D eigenvalue weighted by Gasteiger charge is -2.14. The number of esters is 1. The van der Waals surface area contributed by atoms with Crippen molar-refractivity contribution in [1.82, 2.24) is 5.32 Å². The van der Waals surface area contributed by atoms with Crippen LogP contribution in [0.25, 0.3) is 0 Å². The highest BCUT2D eigenvalue weighted by Gasteiger charge is 2.26. The number of thiophene rings is 1. The molecule has 2 rings (SSSR count). The summed E-state index contributed by atoms with van der Waals surface area (Å²) in [5, 5.41) is 15.1. The zero-order valence-corrected chi connectivity index (χ0v) is 19.0. The summed E-state index contributed by atoms with van der Waals surface area (Å²) in [4.78, 5) is 36.8. The van der Waals surface area contributed by atoms with Gasteiger partial charge >= 0.3 is 18.0 Å². The Bertz CT molecular complexity index is 895. The standard InChI is InChI=1S/C23H30N2O5S/c1-4-5-6-8-11-15(2)24-23(29)25-20-18(21(26)27)16(3)19(31-20)22(28)30-14-17-12-9-7-10-13-17/h7,9-10,12-13,15H,4-6,8,11,14H2,1-3H3,(H,26,27)(H2,24,25,29). The van der Waals surface area contributed by atoms with E-state index < -0.39 is 18.0 Å². The molecule has 2 aromatic rings. The van der Waals surface area contributed by atoms with Gasteiger partial charge in [-0.25, -0.2) is 14.4 Å². The first-order valence-electron chi connectivity index (χ1n) is 10.5. The molecule has 0 radical (unpaired) electrons. The van der Waals surface area contributed by atoms with Crippen LogP contribution in [0.4, 0.5) is 9.80 Å².